The van der Waals surface area contributed by atoms with E-state index in [0.717, 1.165) is 5.56 Å². The minimum atomic E-state index is -1.15. The molecule has 1 rings (SSSR count). The summed E-state index contributed by atoms with van der Waals surface area (Å²) in [4.78, 5) is 33.5. The maximum atomic E-state index is 11.9. The van der Waals surface area contributed by atoms with E-state index in [9.17, 15) is 14.4 Å². The van der Waals surface area contributed by atoms with Gasteiger partial charge in [0.1, 0.15) is 12.3 Å². The molecule has 3 N–H and O–H groups in total. The monoisotopic (exact) mass is 280 g/mol. The van der Waals surface area contributed by atoms with Crippen LogP contribution in [0.15, 0.2) is 18.2 Å². The number of methoxy groups -OCH3 is 1. The van der Waals surface area contributed by atoms with E-state index in [4.69, 9.17) is 9.84 Å². The maximum Gasteiger partial charge on any atom is 0.322 e. The Balaban J connectivity index is 2.61. The number of carboxylic acids is 1. The number of ether oxygens (including phenoxy) is 1. The smallest absolute Gasteiger partial charge is 0.322 e. The molecule has 0 fully saturated rings. The van der Waals surface area contributed by atoms with E-state index < -0.39 is 24.3 Å². The first-order chi connectivity index (χ1) is 9.43. The molecule has 2 amide bonds. The minimum Gasteiger partial charge on any atom is -0.496 e. The number of benzene rings is 1. The molecule has 0 aliphatic heterocycles. The van der Waals surface area contributed by atoms with Crippen LogP contribution >= 0.6 is 0 Å². The molecule has 0 bridgehead atoms. The van der Waals surface area contributed by atoms with Gasteiger partial charge in [0.05, 0.1) is 19.2 Å². The molecule has 0 saturated heterocycles. The van der Waals surface area contributed by atoms with Crippen LogP contribution in [0, 0.1) is 6.92 Å². The number of hydrogen-bond acceptors (Lipinski definition) is 4. The van der Waals surface area contributed by atoms with Crippen molar-refractivity contribution in [3.8, 4) is 5.75 Å². The molecule has 0 aromatic heterocycles. The van der Waals surface area contributed by atoms with Gasteiger partial charge in [0.15, 0.2) is 0 Å². The summed E-state index contributed by atoms with van der Waals surface area (Å²) in [6.07, 6.45) is 0. The lowest BCUT2D eigenvalue weighted by molar-refractivity contribution is -0.137. The van der Waals surface area contributed by atoms with Crippen molar-refractivity contribution >= 4 is 17.8 Å². The van der Waals surface area contributed by atoms with Gasteiger partial charge in [-0.05, 0) is 19.1 Å². The van der Waals surface area contributed by atoms with Crippen molar-refractivity contribution in [2.45, 2.75) is 6.92 Å². The molecule has 0 atom stereocenters. The highest BCUT2D eigenvalue weighted by molar-refractivity contribution is 5.99. The summed E-state index contributed by atoms with van der Waals surface area (Å²) in [7, 11) is 1.45. The van der Waals surface area contributed by atoms with Crippen molar-refractivity contribution in [3.63, 3.8) is 0 Å². The Morgan fingerprint density at radius 2 is 1.90 bits per heavy atom. The van der Waals surface area contributed by atoms with Crippen LogP contribution in [0.4, 0.5) is 0 Å². The third-order valence-corrected chi connectivity index (χ3v) is 2.45. The lowest BCUT2D eigenvalue weighted by Gasteiger charge is -2.10. The van der Waals surface area contributed by atoms with Crippen molar-refractivity contribution in [2.24, 2.45) is 0 Å². The van der Waals surface area contributed by atoms with E-state index in [1.54, 1.807) is 18.2 Å². The van der Waals surface area contributed by atoms with Crippen molar-refractivity contribution in [1.29, 1.82) is 0 Å². The quantitative estimate of drug-likeness (QED) is 0.677. The van der Waals surface area contributed by atoms with Crippen LogP contribution in [0.3, 0.4) is 0 Å². The predicted octanol–water partition coefficient (Wildman–Crippen LogP) is -0.0658. The van der Waals surface area contributed by atoms with E-state index in [-0.39, 0.29) is 6.54 Å². The van der Waals surface area contributed by atoms with Gasteiger partial charge in [0.2, 0.25) is 5.91 Å². The molecular formula is C13H16N2O5. The molecule has 0 radical (unpaired) electrons. The van der Waals surface area contributed by atoms with Gasteiger partial charge in [-0.3, -0.25) is 14.4 Å². The lowest BCUT2D eigenvalue weighted by Crippen LogP contribution is -2.39. The zero-order valence-corrected chi connectivity index (χ0v) is 11.2. The van der Waals surface area contributed by atoms with Gasteiger partial charge in [0, 0.05) is 0 Å². The van der Waals surface area contributed by atoms with Gasteiger partial charge in [0.25, 0.3) is 5.91 Å². The Kier molecular flexibility index (Phi) is 5.52. The third-order valence-electron chi connectivity index (χ3n) is 2.45. The Bertz CT molecular complexity index is 527. The zero-order valence-electron chi connectivity index (χ0n) is 11.2. The van der Waals surface area contributed by atoms with E-state index in [0.29, 0.717) is 11.3 Å². The van der Waals surface area contributed by atoms with Crippen molar-refractivity contribution in [3.05, 3.63) is 29.3 Å². The molecule has 7 heteroatoms. The van der Waals surface area contributed by atoms with Crippen molar-refractivity contribution in [2.75, 3.05) is 20.2 Å². The number of rotatable bonds is 6. The number of carbonyl (C=O) groups excluding carboxylic acids is 2. The van der Waals surface area contributed by atoms with E-state index in [2.05, 4.69) is 10.6 Å². The normalized spacial score (nSPS) is 9.70. The Labute approximate surface area is 115 Å². The van der Waals surface area contributed by atoms with Crippen molar-refractivity contribution in [1.82, 2.24) is 10.6 Å². The van der Waals surface area contributed by atoms with Gasteiger partial charge in [-0.25, -0.2) is 0 Å². The average Bonchev–Trinajstić information content (AvgIpc) is 2.42. The van der Waals surface area contributed by atoms with Crippen LogP contribution < -0.4 is 15.4 Å². The number of carbonyl (C=O) groups is 3. The molecule has 0 aliphatic carbocycles. The topological polar surface area (TPSA) is 105 Å². The van der Waals surface area contributed by atoms with Crippen LogP contribution in [-0.4, -0.2) is 43.1 Å². The molecule has 0 spiro atoms. The number of nitrogens with one attached hydrogen (secondary N) is 2. The average molecular weight is 280 g/mol. The summed E-state index contributed by atoms with van der Waals surface area (Å²) in [6, 6.07) is 5.10. The molecule has 0 unspecified atom stereocenters. The highest BCUT2D eigenvalue weighted by Crippen LogP contribution is 2.19. The summed E-state index contributed by atoms with van der Waals surface area (Å²) in [5.41, 5.74) is 1.20. The Hall–Kier alpha value is -2.57. The molecule has 1 aromatic carbocycles. The molecule has 7 nitrogen and oxygen atoms in total. The number of aryl methyl sites for hydroxylation is 1. The summed E-state index contributed by atoms with van der Waals surface area (Å²) in [6.45, 7) is 1.04. The van der Waals surface area contributed by atoms with Crippen LogP contribution in [-0.2, 0) is 9.59 Å². The minimum absolute atomic E-state index is 0.302. The predicted molar refractivity (Wildman–Crippen MR) is 70.7 cm³/mol. The first kappa shape index (κ1) is 15.5. The van der Waals surface area contributed by atoms with Crippen LogP contribution in [0.25, 0.3) is 0 Å². The highest BCUT2D eigenvalue weighted by atomic mass is 16.5. The fraction of sp³-hybridized carbons (Fsp3) is 0.308. The Morgan fingerprint density at radius 1 is 1.20 bits per heavy atom. The van der Waals surface area contributed by atoms with Crippen LogP contribution in [0.2, 0.25) is 0 Å². The summed E-state index contributed by atoms with van der Waals surface area (Å²) in [5.74, 6) is -1.78. The number of hydrogen-bond donors (Lipinski definition) is 3. The van der Waals surface area contributed by atoms with Crippen LogP contribution in [0.1, 0.15) is 15.9 Å². The standard InChI is InChI=1S/C13H16N2O5/c1-8-3-4-10(20-2)9(5-8)13(19)15-6-11(16)14-7-12(17)18/h3-5H,6-7H2,1-2H3,(H,14,16)(H,15,19)(H,17,18). The van der Waals surface area contributed by atoms with Crippen molar-refractivity contribution < 1.29 is 24.2 Å². The maximum absolute atomic E-state index is 11.9. The third kappa shape index (κ3) is 4.60. The molecule has 0 aliphatic rings. The van der Waals surface area contributed by atoms with Gasteiger partial charge in [-0.15, -0.1) is 0 Å². The number of carboxylic acid groups (broad SMARTS) is 1. The summed E-state index contributed by atoms with van der Waals surface area (Å²) >= 11 is 0. The fourth-order valence-corrected chi connectivity index (χ4v) is 1.49. The summed E-state index contributed by atoms with van der Waals surface area (Å²) in [5, 5.41) is 12.9. The van der Waals surface area contributed by atoms with Gasteiger partial charge >= 0.3 is 5.97 Å². The van der Waals surface area contributed by atoms with Gasteiger partial charge in [-0.1, -0.05) is 11.6 Å². The molecule has 108 valence electrons. The molecule has 0 saturated carbocycles. The second-order valence-electron chi connectivity index (χ2n) is 4.06. The fourth-order valence-electron chi connectivity index (χ4n) is 1.49. The van der Waals surface area contributed by atoms with Gasteiger partial charge in [-0.2, -0.15) is 0 Å². The van der Waals surface area contributed by atoms with E-state index in [1.807, 2.05) is 6.92 Å². The lowest BCUT2D eigenvalue weighted by atomic mass is 10.1. The molecule has 20 heavy (non-hydrogen) atoms. The van der Waals surface area contributed by atoms with E-state index >= 15 is 0 Å². The number of aliphatic carboxylic acids is 1. The first-order valence-corrected chi connectivity index (χ1v) is 5.85. The summed E-state index contributed by atoms with van der Waals surface area (Å²) < 4.78 is 5.07. The Morgan fingerprint density at radius 3 is 2.50 bits per heavy atom. The first-order valence-electron chi connectivity index (χ1n) is 5.85. The van der Waals surface area contributed by atoms with Crippen LogP contribution in [0.5, 0.6) is 5.75 Å². The number of amides is 2. The van der Waals surface area contributed by atoms with Gasteiger partial charge < -0.3 is 20.5 Å². The van der Waals surface area contributed by atoms with E-state index in [1.165, 1.54) is 7.11 Å². The zero-order chi connectivity index (χ0) is 15.1. The SMILES string of the molecule is COc1ccc(C)cc1C(=O)NCC(=O)NCC(=O)O. The largest absolute Gasteiger partial charge is 0.496 e. The molecular weight excluding hydrogens is 264 g/mol. The highest BCUT2D eigenvalue weighted by Gasteiger charge is 2.13. The second-order valence-corrected chi connectivity index (χ2v) is 4.06. The molecule has 0 heterocycles. The molecule has 1 aromatic rings. The second kappa shape index (κ2) is 7.13.